The van der Waals surface area contributed by atoms with Crippen LogP contribution >= 0.6 is 0 Å². The van der Waals surface area contributed by atoms with Crippen molar-refractivity contribution in [1.29, 1.82) is 0 Å². The number of aromatic hydroxyl groups is 1. The second-order valence-corrected chi connectivity index (χ2v) is 8.51. The summed E-state index contributed by atoms with van der Waals surface area (Å²) >= 11 is -0.298. The molecule has 1 aromatic rings. The first-order valence-electron chi connectivity index (χ1n) is 5.44. The van der Waals surface area contributed by atoms with Crippen molar-refractivity contribution in [1.82, 2.24) is 0 Å². The zero-order valence-corrected chi connectivity index (χ0v) is 13.1. The molecule has 0 spiro atoms. The van der Waals surface area contributed by atoms with Crippen LogP contribution in [-0.2, 0) is 5.41 Å². The van der Waals surface area contributed by atoms with Crippen LogP contribution in [0.3, 0.4) is 0 Å². The van der Waals surface area contributed by atoms with Crippen LogP contribution in [0.2, 0.25) is 4.13 Å². The normalized spacial score (nSPS) is 16.0. The van der Waals surface area contributed by atoms with E-state index in [1.807, 2.05) is 12.1 Å². The van der Waals surface area contributed by atoms with Gasteiger partial charge in [0.25, 0.3) is 0 Å². The van der Waals surface area contributed by atoms with Crippen LogP contribution in [0.4, 0.5) is 0 Å². The van der Waals surface area contributed by atoms with E-state index in [0.717, 1.165) is 0 Å². The molecule has 1 aliphatic rings. The van der Waals surface area contributed by atoms with E-state index >= 15 is 0 Å². The predicted octanol–water partition coefficient (Wildman–Crippen LogP) is 3.25. The van der Waals surface area contributed by atoms with Gasteiger partial charge in [0, 0.05) is 0 Å². The average molecular weight is 409 g/mol. The molecule has 0 bridgehead atoms. The summed E-state index contributed by atoms with van der Waals surface area (Å²) < 4.78 is 3.73. The van der Waals surface area contributed by atoms with Crippen LogP contribution < -0.4 is 0 Å². The summed E-state index contributed by atoms with van der Waals surface area (Å²) in [6.45, 7) is 4.49. The molecule has 1 aliphatic heterocycles. The quantitative estimate of drug-likeness (QED) is 0.744. The van der Waals surface area contributed by atoms with Crippen LogP contribution in [-0.4, -0.2) is 28.3 Å². The molecule has 16 heavy (non-hydrogen) atoms. The molecule has 0 amide bonds. The van der Waals surface area contributed by atoms with Gasteiger partial charge in [-0.15, -0.1) is 0 Å². The van der Waals surface area contributed by atoms with Crippen LogP contribution in [0.25, 0.3) is 0 Å². The number of allylic oxidation sites excluding steroid dienone is 3. The van der Waals surface area contributed by atoms with Crippen LogP contribution in [0.5, 0.6) is 5.75 Å². The maximum atomic E-state index is 9.31. The van der Waals surface area contributed by atoms with Crippen molar-refractivity contribution in [3.8, 4) is 5.75 Å². The van der Waals surface area contributed by atoms with E-state index in [1.165, 1.54) is 15.3 Å². The standard InChI is InChI=1S/C14H16O.Bi/c1-5-11(6-2)14(3,4)12-7-9-13(15)10-8-12;/h1,5-10,15H,2H2,3-4H3;. The third-order valence-corrected chi connectivity index (χ3v) is 6.02. The topological polar surface area (TPSA) is 20.2 Å². The second kappa shape index (κ2) is 4.71. The zero-order chi connectivity index (χ0) is 11.6. The fourth-order valence-electron chi connectivity index (χ4n) is 1.92. The molecule has 2 rings (SSSR count). The zero-order valence-electron chi connectivity index (χ0n) is 9.64. The van der Waals surface area contributed by atoms with Crippen molar-refractivity contribution >= 4 is 23.2 Å². The molecule has 0 atom stereocenters. The van der Waals surface area contributed by atoms with E-state index in [0.29, 0.717) is 5.75 Å². The maximum absolute atomic E-state index is 9.31. The summed E-state index contributed by atoms with van der Waals surface area (Å²) in [5.74, 6) is 0.336. The Kier molecular flexibility index (Phi) is 3.49. The molecule has 2 heteroatoms. The Bertz CT molecular complexity index is 427. The van der Waals surface area contributed by atoms with Gasteiger partial charge in [-0.2, -0.15) is 0 Å². The van der Waals surface area contributed by atoms with Crippen molar-refractivity contribution in [2.45, 2.75) is 23.4 Å². The summed E-state index contributed by atoms with van der Waals surface area (Å²) in [4.78, 5) is 0. The predicted molar refractivity (Wildman–Crippen MR) is 68.9 cm³/mol. The fraction of sp³-hybridized carbons (Fsp3) is 0.286. The molecule has 1 heterocycles. The molecule has 1 radical (unpaired) electrons. The van der Waals surface area contributed by atoms with Crippen LogP contribution in [0, 0.1) is 0 Å². The molecule has 0 aromatic heterocycles. The van der Waals surface area contributed by atoms with Crippen LogP contribution in [0.1, 0.15) is 19.4 Å². The summed E-state index contributed by atoms with van der Waals surface area (Å²) in [5, 5.41) is 9.31. The minimum atomic E-state index is -0.298. The molecule has 1 nitrogen and oxygen atoms in total. The molecule has 1 aromatic carbocycles. The van der Waals surface area contributed by atoms with Gasteiger partial charge in [-0.1, -0.05) is 0 Å². The molecule has 0 saturated heterocycles. The molecule has 0 fully saturated rings. The van der Waals surface area contributed by atoms with Crippen molar-refractivity contribution in [3.63, 3.8) is 0 Å². The van der Waals surface area contributed by atoms with Gasteiger partial charge in [0.2, 0.25) is 0 Å². The number of benzene rings is 1. The van der Waals surface area contributed by atoms with E-state index in [1.54, 1.807) is 12.1 Å². The molecule has 0 unspecified atom stereocenters. The number of phenols is 1. The first kappa shape index (κ1) is 11.9. The van der Waals surface area contributed by atoms with Crippen molar-refractivity contribution in [2.75, 3.05) is 0 Å². The molecule has 0 aliphatic carbocycles. The van der Waals surface area contributed by atoms with Gasteiger partial charge in [0.1, 0.15) is 0 Å². The van der Waals surface area contributed by atoms with E-state index in [4.69, 9.17) is 0 Å². The van der Waals surface area contributed by atoms with Gasteiger partial charge in [0.15, 0.2) is 0 Å². The SMILES string of the molecule is CC(C)(C1=C[CH2][Bi][CH]=C1)c1ccc(O)cc1. The van der Waals surface area contributed by atoms with Crippen LogP contribution in [0.15, 0.2) is 45.8 Å². The number of hydrogen-bond donors (Lipinski definition) is 1. The van der Waals surface area contributed by atoms with E-state index in [2.05, 4.69) is 29.8 Å². The molecule has 0 saturated carbocycles. The molecule has 83 valence electrons. The molecule has 1 N–H and O–H groups in total. The molecular formula is C14H16BiO. The third-order valence-electron chi connectivity index (χ3n) is 3.09. The van der Waals surface area contributed by atoms with Gasteiger partial charge in [-0.05, 0) is 0 Å². The number of rotatable bonds is 2. The van der Waals surface area contributed by atoms with E-state index in [-0.39, 0.29) is 28.6 Å². The van der Waals surface area contributed by atoms with Crippen molar-refractivity contribution < 1.29 is 5.11 Å². The van der Waals surface area contributed by atoms with E-state index in [9.17, 15) is 5.11 Å². The van der Waals surface area contributed by atoms with Gasteiger partial charge in [0.05, 0.1) is 0 Å². The number of phenolic OH excluding ortho intramolecular Hbond substituents is 1. The first-order valence-corrected chi connectivity index (χ1v) is 9.90. The van der Waals surface area contributed by atoms with Gasteiger partial charge >= 0.3 is 109 Å². The van der Waals surface area contributed by atoms with Gasteiger partial charge in [-0.3, -0.25) is 0 Å². The Labute approximate surface area is 108 Å². The Morgan fingerprint density at radius 3 is 2.44 bits per heavy atom. The Hall–Kier alpha value is -0.617. The van der Waals surface area contributed by atoms with Gasteiger partial charge < -0.3 is 0 Å². The first-order chi connectivity index (χ1) is 7.60. The third kappa shape index (κ3) is 2.38. The Morgan fingerprint density at radius 2 is 1.88 bits per heavy atom. The summed E-state index contributed by atoms with van der Waals surface area (Å²) in [7, 11) is 0. The second-order valence-electron chi connectivity index (χ2n) is 4.51. The Balaban J connectivity index is 2.34. The monoisotopic (exact) mass is 409 g/mol. The molecular weight excluding hydrogens is 393 g/mol. The van der Waals surface area contributed by atoms with Crippen molar-refractivity contribution in [3.05, 3.63) is 51.3 Å². The summed E-state index contributed by atoms with van der Waals surface area (Å²) in [5.41, 5.74) is 2.72. The van der Waals surface area contributed by atoms with Gasteiger partial charge in [-0.25, -0.2) is 0 Å². The van der Waals surface area contributed by atoms with E-state index < -0.39 is 0 Å². The van der Waals surface area contributed by atoms with Crippen molar-refractivity contribution in [2.24, 2.45) is 0 Å². The Morgan fingerprint density at radius 1 is 1.19 bits per heavy atom. The number of hydrogen-bond acceptors (Lipinski definition) is 1. The summed E-state index contributed by atoms with van der Waals surface area (Å²) in [6, 6.07) is 7.56. The fourth-order valence-corrected chi connectivity index (χ4v) is 4.60. The summed E-state index contributed by atoms with van der Waals surface area (Å²) in [6.07, 6.45) is 4.69. The minimum absolute atomic E-state index is 0.0474. The average Bonchev–Trinajstić information content (AvgIpc) is 2.31.